The first-order chi connectivity index (χ1) is 24.0. The van der Waals surface area contributed by atoms with Crippen LogP contribution in [0, 0.1) is 0 Å². The van der Waals surface area contributed by atoms with E-state index in [2.05, 4.69) is 24.3 Å². The summed E-state index contributed by atoms with van der Waals surface area (Å²) in [7, 11) is -3.93. The number of rotatable bonds is 8. The number of amides is 2. The number of anilines is 1. The number of carbonyl (C=O) groups is 2. The van der Waals surface area contributed by atoms with Gasteiger partial charge in [-0.25, -0.2) is 18.8 Å². The van der Waals surface area contributed by atoms with E-state index in [1.807, 2.05) is 45.8 Å². The maximum Gasteiger partial charge on any atom is 0.407 e. The van der Waals surface area contributed by atoms with Crippen molar-refractivity contribution in [3.05, 3.63) is 119 Å². The molecule has 7 rings (SSSR count). The Kier molecular flexibility index (Phi) is 9.17. The van der Waals surface area contributed by atoms with E-state index < -0.39 is 22.2 Å². The molecule has 2 N–H and O–H groups in total. The summed E-state index contributed by atoms with van der Waals surface area (Å²) in [5.41, 5.74) is 5.56. The highest BCUT2D eigenvalue weighted by Gasteiger charge is 2.34. The van der Waals surface area contributed by atoms with E-state index in [4.69, 9.17) is 38.0 Å². The first-order valence-electron chi connectivity index (χ1n) is 15.8. The van der Waals surface area contributed by atoms with Crippen LogP contribution in [0.2, 0.25) is 10.0 Å². The van der Waals surface area contributed by atoms with Gasteiger partial charge in [0.25, 0.3) is 5.91 Å². The van der Waals surface area contributed by atoms with Crippen molar-refractivity contribution < 1.29 is 27.9 Å². The second-order valence-corrected chi connectivity index (χ2v) is 14.5. The van der Waals surface area contributed by atoms with Crippen LogP contribution in [-0.2, 0) is 21.4 Å². The minimum atomic E-state index is -3.93. The van der Waals surface area contributed by atoms with Crippen LogP contribution in [0.15, 0.2) is 97.2 Å². The number of hydrogen-bond acceptors (Lipinski definition) is 6. The molecular weight excluding hydrogens is 701 g/mol. The summed E-state index contributed by atoms with van der Waals surface area (Å²) >= 11 is 12.7. The summed E-state index contributed by atoms with van der Waals surface area (Å²) in [6, 6.07) is 28.2. The average Bonchev–Trinajstić information content (AvgIpc) is 3.64. The minimum absolute atomic E-state index is 0.0124. The first-order valence-corrected chi connectivity index (χ1v) is 18.0. The van der Waals surface area contributed by atoms with Gasteiger partial charge in [0.1, 0.15) is 24.2 Å². The molecule has 0 atom stereocenters. The molecule has 256 valence electrons. The molecule has 3 heterocycles. The molecule has 0 spiro atoms. The van der Waals surface area contributed by atoms with Crippen LogP contribution in [0.25, 0.3) is 28.1 Å². The Hall–Kier alpha value is -5.04. The maximum absolute atomic E-state index is 12.4. The normalized spacial score (nSPS) is 16.0. The number of imidazole rings is 1. The number of hydrogen-bond donors (Lipinski definition) is 2. The first kappa shape index (κ1) is 33.5. The second kappa shape index (κ2) is 13.7. The molecule has 2 aliphatic rings. The Morgan fingerprint density at radius 3 is 2.14 bits per heavy atom. The van der Waals surface area contributed by atoms with Crippen LogP contribution in [0.1, 0.15) is 24.2 Å². The molecule has 1 aromatic heterocycles. The zero-order valence-electron chi connectivity index (χ0n) is 26.5. The van der Waals surface area contributed by atoms with Crippen LogP contribution < -0.4 is 13.8 Å². The Morgan fingerprint density at radius 2 is 1.54 bits per heavy atom. The van der Waals surface area contributed by atoms with Crippen molar-refractivity contribution in [2.75, 3.05) is 23.9 Å². The molecule has 50 heavy (non-hydrogen) atoms. The number of carbonyl (C=O) groups excluding carboxylic acids is 1. The summed E-state index contributed by atoms with van der Waals surface area (Å²) in [4.78, 5) is 29.3. The molecule has 2 aliphatic heterocycles. The largest absolute Gasteiger partial charge is 0.490 e. The van der Waals surface area contributed by atoms with Gasteiger partial charge >= 0.3 is 16.3 Å². The SMILES string of the molecule is O=C1CN(c2ccc(-n3cc(-c4ccc(Cl)cc4Cl)nc3Cc3ccc(-c4ccc(OC5CCN(C(=O)O)CC5)cc4)cc3)cc2)S(=O)(=O)N1. The highest BCUT2D eigenvalue weighted by Crippen LogP contribution is 2.32. The number of nitrogens with one attached hydrogen (secondary N) is 1. The summed E-state index contributed by atoms with van der Waals surface area (Å²) < 4.78 is 35.8. The molecule has 11 nitrogen and oxygen atoms in total. The van der Waals surface area contributed by atoms with Crippen molar-refractivity contribution in [1.29, 1.82) is 0 Å². The van der Waals surface area contributed by atoms with Crippen LogP contribution in [-0.4, -0.2) is 65.7 Å². The molecule has 0 aliphatic carbocycles. The smallest absolute Gasteiger partial charge is 0.407 e. The van der Waals surface area contributed by atoms with E-state index in [9.17, 15) is 18.0 Å². The molecule has 2 fully saturated rings. The molecule has 0 radical (unpaired) electrons. The fourth-order valence-electron chi connectivity index (χ4n) is 6.13. The predicted molar refractivity (Wildman–Crippen MR) is 191 cm³/mol. The standard InChI is InChI=1S/C36H31Cl2N5O6S/c37-26-7-14-31(32(38)20-26)33-21-42(27-8-10-28(11-9-27)43-22-35(44)40-50(43,47)48)34(39-33)19-23-1-3-24(4-2-23)25-5-12-29(13-6-25)49-30-15-17-41(18-16-30)36(45)46/h1-14,20-21,30H,15-19,22H2,(H,40,44)(H,45,46). The zero-order chi connectivity index (χ0) is 35.0. The Labute approximate surface area is 298 Å². The van der Waals surface area contributed by atoms with Gasteiger partial charge in [0, 0.05) is 54.8 Å². The van der Waals surface area contributed by atoms with Gasteiger partial charge in [0.15, 0.2) is 0 Å². The van der Waals surface area contributed by atoms with Gasteiger partial charge in [0.2, 0.25) is 0 Å². The fraction of sp³-hybridized carbons (Fsp3) is 0.194. The average molecular weight is 733 g/mol. The van der Waals surface area contributed by atoms with E-state index in [0.29, 0.717) is 59.3 Å². The van der Waals surface area contributed by atoms with Gasteiger partial charge in [-0.05, 0) is 71.3 Å². The van der Waals surface area contributed by atoms with Gasteiger partial charge in [-0.2, -0.15) is 8.42 Å². The van der Waals surface area contributed by atoms with Crippen LogP contribution in [0.4, 0.5) is 10.5 Å². The van der Waals surface area contributed by atoms with Crippen molar-refractivity contribution in [2.24, 2.45) is 0 Å². The van der Waals surface area contributed by atoms with Crippen molar-refractivity contribution >= 4 is 51.1 Å². The van der Waals surface area contributed by atoms with Gasteiger partial charge in [0.05, 0.1) is 16.4 Å². The predicted octanol–water partition coefficient (Wildman–Crippen LogP) is 6.81. The molecule has 5 aromatic rings. The summed E-state index contributed by atoms with van der Waals surface area (Å²) in [6.45, 7) is 0.666. The molecule has 0 unspecified atom stereocenters. The quantitative estimate of drug-likeness (QED) is 0.179. The summed E-state index contributed by atoms with van der Waals surface area (Å²) in [5, 5.41) is 10.1. The maximum atomic E-state index is 12.4. The molecule has 4 aromatic carbocycles. The minimum Gasteiger partial charge on any atom is -0.490 e. The van der Waals surface area contributed by atoms with Gasteiger partial charge in [-0.15, -0.1) is 0 Å². The summed E-state index contributed by atoms with van der Waals surface area (Å²) in [5.74, 6) is 0.898. The van der Waals surface area contributed by atoms with Gasteiger partial charge < -0.3 is 19.3 Å². The second-order valence-electron chi connectivity index (χ2n) is 12.1. The van der Waals surface area contributed by atoms with Crippen LogP contribution in [0.5, 0.6) is 5.75 Å². The van der Waals surface area contributed by atoms with Crippen molar-refractivity contribution in [3.63, 3.8) is 0 Å². The lowest BCUT2D eigenvalue weighted by Gasteiger charge is -2.30. The number of nitrogens with zero attached hydrogens (tertiary/aromatic N) is 4. The molecule has 14 heteroatoms. The van der Waals surface area contributed by atoms with Crippen LogP contribution in [0.3, 0.4) is 0 Å². The fourth-order valence-corrected chi connectivity index (χ4v) is 7.79. The van der Waals surface area contributed by atoms with Gasteiger partial charge in [-0.3, -0.25) is 4.79 Å². The Bertz CT molecular complexity index is 2170. The van der Waals surface area contributed by atoms with Crippen molar-refractivity contribution in [3.8, 4) is 33.8 Å². The van der Waals surface area contributed by atoms with Gasteiger partial charge in [-0.1, -0.05) is 59.6 Å². The molecule has 0 saturated carbocycles. The number of halogens is 2. The summed E-state index contributed by atoms with van der Waals surface area (Å²) in [6.07, 6.45) is 2.79. The van der Waals surface area contributed by atoms with E-state index in [1.165, 1.54) is 4.90 Å². The number of carboxylic acid groups (broad SMARTS) is 1. The van der Waals surface area contributed by atoms with E-state index in [0.717, 1.165) is 38.3 Å². The topological polar surface area (TPSA) is 134 Å². The lowest BCUT2D eigenvalue weighted by atomic mass is 10.0. The number of benzene rings is 4. The van der Waals surface area contributed by atoms with E-state index >= 15 is 0 Å². The van der Waals surface area contributed by atoms with Crippen LogP contribution >= 0.6 is 23.2 Å². The Balaban J connectivity index is 1.10. The highest BCUT2D eigenvalue weighted by molar-refractivity contribution is 7.92. The number of piperidine rings is 1. The third-order valence-corrected chi connectivity index (χ3v) is 10.7. The Morgan fingerprint density at radius 1 is 0.900 bits per heavy atom. The van der Waals surface area contributed by atoms with Crippen molar-refractivity contribution in [2.45, 2.75) is 25.4 Å². The molecule has 0 bridgehead atoms. The lowest BCUT2D eigenvalue weighted by Crippen LogP contribution is -2.41. The third-order valence-electron chi connectivity index (χ3n) is 8.74. The molecule has 2 saturated heterocycles. The zero-order valence-corrected chi connectivity index (χ0v) is 28.8. The van der Waals surface area contributed by atoms with E-state index in [-0.39, 0.29) is 12.6 Å². The van der Waals surface area contributed by atoms with Crippen molar-refractivity contribution in [1.82, 2.24) is 19.2 Å². The number of ether oxygens (including phenoxy) is 1. The third kappa shape index (κ3) is 7.14. The number of aromatic nitrogens is 2. The monoisotopic (exact) mass is 731 g/mol. The molecule has 2 amide bonds. The number of likely N-dealkylation sites (tertiary alicyclic amines) is 1. The molecular formula is C36H31Cl2N5O6S. The van der Waals surface area contributed by atoms with E-state index in [1.54, 1.807) is 36.4 Å². The lowest BCUT2D eigenvalue weighted by molar-refractivity contribution is -0.117. The highest BCUT2D eigenvalue weighted by atomic mass is 35.5.